The lowest BCUT2D eigenvalue weighted by Gasteiger charge is -2.04. The zero-order valence-electron chi connectivity index (χ0n) is 7.88. The van der Waals surface area contributed by atoms with E-state index in [9.17, 15) is 4.79 Å². The molecule has 0 amide bonds. The van der Waals surface area contributed by atoms with E-state index in [2.05, 4.69) is 9.72 Å². The van der Waals surface area contributed by atoms with Gasteiger partial charge in [0.2, 0.25) is 0 Å². The van der Waals surface area contributed by atoms with E-state index in [0.717, 1.165) is 16.5 Å². The molecule has 1 aromatic heterocycles. The Kier molecular flexibility index (Phi) is 2.49. The van der Waals surface area contributed by atoms with Crippen LogP contribution in [0.3, 0.4) is 0 Å². The summed E-state index contributed by atoms with van der Waals surface area (Å²) in [5, 5.41) is 9.33. The summed E-state index contributed by atoms with van der Waals surface area (Å²) < 4.78 is 4.52. The molecule has 1 heterocycles. The third-order valence-corrected chi connectivity index (χ3v) is 2.09. The minimum Gasteiger partial charge on any atom is -0.450 e. The molecule has 4 nitrogen and oxygen atoms in total. The third kappa shape index (κ3) is 2.04. The standard InChI is InChI=1S/C11H9NO3/c13-11(14)15-7-8-5-6-12-10-4-2-1-3-9(8)10/h1-6H,7H2,(H,13,14). The van der Waals surface area contributed by atoms with Crippen molar-refractivity contribution >= 4 is 17.1 Å². The number of carboxylic acid groups (broad SMARTS) is 1. The van der Waals surface area contributed by atoms with Gasteiger partial charge in [-0.3, -0.25) is 4.98 Å². The lowest BCUT2D eigenvalue weighted by Crippen LogP contribution is -2.00. The Balaban J connectivity index is 2.38. The van der Waals surface area contributed by atoms with Crippen LogP contribution in [0.5, 0.6) is 0 Å². The first kappa shape index (κ1) is 9.45. The molecule has 76 valence electrons. The van der Waals surface area contributed by atoms with E-state index in [1.807, 2.05) is 24.3 Å². The van der Waals surface area contributed by atoms with Crippen molar-refractivity contribution in [2.24, 2.45) is 0 Å². The SMILES string of the molecule is O=C(O)OCc1ccnc2ccccc12. The summed E-state index contributed by atoms with van der Waals surface area (Å²) in [6.07, 6.45) is 0.374. The van der Waals surface area contributed by atoms with Gasteiger partial charge >= 0.3 is 6.16 Å². The number of fused-ring (bicyclic) bond motifs is 1. The van der Waals surface area contributed by atoms with Gasteiger partial charge in [0.1, 0.15) is 6.61 Å². The zero-order chi connectivity index (χ0) is 10.7. The molecule has 0 saturated carbocycles. The summed E-state index contributed by atoms with van der Waals surface area (Å²) in [6.45, 7) is 0.0539. The molecule has 15 heavy (non-hydrogen) atoms. The molecule has 0 atom stereocenters. The zero-order valence-corrected chi connectivity index (χ0v) is 7.88. The Hall–Kier alpha value is -2.10. The molecule has 0 radical (unpaired) electrons. The highest BCUT2D eigenvalue weighted by Gasteiger charge is 2.03. The van der Waals surface area contributed by atoms with Crippen molar-refractivity contribution in [3.05, 3.63) is 42.1 Å². The van der Waals surface area contributed by atoms with E-state index in [1.165, 1.54) is 0 Å². The molecule has 4 heteroatoms. The lowest BCUT2D eigenvalue weighted by molar-refractivity contribution is 0.0857. The highest BCUT2D eigenvalue weighted by molar-refractivity contribution is 5.81. The first-order chi connectivity index (χ1) is 7.27. The van der Waals surface area contributed by atoms with Gasteiger partial charge in [-0.1, -0.05) is 18.2 Å². The number of carbonyl (C=O) groups is 1. The van der Waals surface area contributed by atoms with Gasteiger partial charge < -0.3 is 9.84 Å². The van der Waals surface area contributed by atoms with Crippen molar-refractivity contribution in [1.29, 1.82) is 0 Å². The smallest absolute Gasteiger partial charge is 0.450 e. The van der Waals surface area contributed by atoms with E-state index >= 15 is 0 Å². The molecule has 0 aliphatic rings. The van der Waals surface area contributed by atoms with Crippen LogP contribution in [-0.4, -0.2) is 16.2 Å². The molecule has 2 rings (SSSR count). The quantitative estimate of drug-likeness (QED) is 0.761. The molecule has 0 fully saturated rings. The van der Waals surface area contributed by atoms with Crippen LogP contribution in [-0.2, 0) is 11.3 Å². The van der Waals surface area contributed by atoms with Crippen molar-refractivity contribution in [2.45, 2.75) is 6.61 Å². The van der Waals surface area contributed by atoms with Crippen LogP contribution < -0.4 is 0 Å². The van der Waals surface area contributed by atoms with Crippen LogP contribution in [0.4, 0.5) is 4.79 Å². The first-order valence-corrected chi connectivity index (χ1v) is 4.46. The maximum Gasteiger partial charge on any atom is 0.506 e. The van der Waals surface area contributed by atoms with Crippen LogP contribution in [0.2, 0.25) is 0 Å². The summed E-state index contributed by atoms with van der Waals surface area (Å²) in [5.74, 6) is 0. The summed E-state index contributed by atoms with van der Waals surface area (Å²) in [6, 6.07) is 9.29. The Labute approximate surface area is 86.1 Å². The Bertz CT molecular complexity index is 491. The van der Waals surface area contributed by atoms with Crippen molar-refractivity contribution in [2.75, 3.05) is 0 Å². The second kappa shape index (κ2) is 3.96. The fourth-order valence-corrected chi connectivity index (χ4v) is 1.42. The monoisotopic (exact) mass is 203 g/mol. The molecule has 0 aliphatic carbocycles. The molecule has 0 aliphatic heterocycles. The minimum absolute atomic E-state index is 0.0539. The number of para-hydroxylation sites is 1. The normalized spacial score (nSPS) is 10.1. The molecule has 1 N–H and O–H groups in total. The van der Waals surface area contributed by atoms with Gasteiger partial charge in [-0.05, 0) is 12.1 Å². The van der Waals surface area contributed by atoms with Crippen molar-refractivity contribution in [1.82, 2.24) is 4.98 Å². The summed E-state index contributed by atoms with van der Waals surface area (Å²) in [5.41, 5.74) is 1.66. The van der Waals surface area contributed by atoms with Gasteiger partial charge in [-0.15, -0.1) is 0 Å². The Morgan fingerprint density at radius 1 is 1.33 bits per heavy atom. The minimum atomic E-state index is -1.27. The van der Waals surface area contributed by atoms with Crippen molar-refractivity contribution in [3.63, 3.8) is 0 Å². The predicted octanol–water partition coefficient (Wildman–Crippen LogP) is 2.43. The van der Waals surface area contributed by atoms with Gasteiger partial charge in [0.05, 0.1) is 5.52 Å². The van der Waals surface area contributed by atoms with E-state index < -0.39 is 6.16 Å². The second-order valence-corrected chi connectivity index (χ2v) is 3.04. The average molecular weight is 203 g/mol. The second-order valence-electron chi connectivity index (χ2n) is 3.04. The van der Waals surface area contributed by atoms with Crippen LogP contribution in [0.1, 0.15) is 5.56 Å². The molecular formula is C11H9NO3. The topological polar surface area (TPSA) is 59.4 Å². The maximum absolute atomic E-state index is 10.3. The fourth-order valence-electron chi connectivity index (χ4n) is 1.42. The number of ether oxygens (including phenoxy) is 1. The molecule has 1 aromatic carbocycles. The predicted molar refractivity (Wildman–Crippen MR) is 54.6 cm³/mol. The average Bonchev–Trinajstić information content (AvgIpc) is 2.26. The Morgan fingerprint density at radius 2 is 2.13 bits per heavy atom. The van der Waals surface area contributed by atoms with E-state index in [-0.39, 0.29) is 6.61 Å². The summed E-state index contributed by atoms with van der Waals surface area (Å²) >= 11 is 0. The molecule has 0 saturated heterocycles. The van der Waals surface area contributed by atoms with Gasteiger partial charge in [0, 0.05) is 17.1 Å². The van der Waals surface area contributed by atoms with E-state index in [1.54, 1.807) is 12.3 Å². The van der Waals surface area contributed by atoms with Gasteiger partial charge in [-0.25, -0.2) is 4.79 Å². The fraction of sp³-hybridized carbons (Fsp3) is 0.0909. The molecule has 2 aromatic rings. The first-order valence-electron chi connectivity index (χ1n) is 4.46. The molecule has 0 unspecified atom stereocenters. The molecule has 0 spiro atoms. The number of benzene rings is 1. The van der Waals surface area contributed by atoms with Crippen molar-refractivity contribution in [3.8, 4) is 0 Å². The summed E-state index contributed by atoms with van der Waals surface area (Å²) in [4.78, 5) is 14.4. The number of hydrogen-bond acceptors (Lipinski definition) is 3. The highest BCUT2D eigenvalue weighted by Crippen LogP contribution is 2.16. The van der Waals surface area contributed by atoms with Crippen LogP contribution in [0.25, 0.3) is 10.9 Å². The summed E-state index contributed by atoms with van der Waals surface area (Å²) in [7, 11) is 0. The number of hydrogen-bond donors (Lipinski definition) is 1. The van der Waals surface area contributed by atoms with Gasteiger partial charge in [-0.2, -0.15) is 0 Å². The lowest BCUT2D eigenvalue weighted by atomic mass is 10.1. The number of nitrogens with zero attached hydrogens (tertiary/aromatic N) is 1. The van der Waals surface area contributed by atoms with Crippen LogP contribution in [0.15, 0.2) is 36.5 Å². The largest absolute Gasteiger partial charge is 0.506 e. The number of aromatic nitrogens is 1. The highest BCUT2D eigenvalue weighted by atomic mass is 16.7. The molecule has 0 bridgehead atoms. The number of pyridine rings is 1. The maximum atomic E-state index is 10.3. The van der Waals surface area contributed by atoms with Crippen LogP contribution in [0, 0.1) is 0 Å². The van der Waals surface area contributed by atoms with Crippen LogP contribution >= 0.6 is 0 Å². The Morgan fingerprint density at radius 3 is 2.93 bits per heavy atom. The number of rotatable bonds is 2. The van der Waals surface area contributed by atoms with E-state index in [4.69, 9.17) is 5.11 Å². The van der Waals surface area contributed by atoms with E-state index in [0.29, 0.717) is 0 Å². The third-order valence-electron chi connectivity index (χ3n) is 2.09. The molecular weight excluding hydrogens is 194 g/mol. The van der Waals surface area contributed by atoms with Gasteiger partial charge in [0.15, 0.2) is 0 Å². The van der Waals surface area contributed by atoms with Crippen molar-refractivity contribution < 1.29 is 14.6 Å². The van der Waals surface area contributed by atoms with Gasteiger partial charge in [0.25, 0.3) is 0 Å².